The fourth-order valence-electron chi connectivity index (χ4n) is 3.54. The molecule has 0 amide bonds. The maximum Gasteiger partial charge on any atom is 0.152 e. The Kier molecular flexibility index (Phi) is 4.35. The van der Waals surface area contributed by atoms with Crippen molar-refractivity contribution in [1.82, 2.24) is 14.9 Å². The summed E-state index contributed by atoms with van der Waals surface area (Å²) in [5.74, 6) is 1.75. The van der Waals surface area contributed by atoms with Crippen LogP contribution < -0.4 is 0 Å². The van der Waals surface area contributed by atoms with Gasteiger partial charge in [0, 0.05) is 13.1 Å². The maximum absolute atomic E-state index is 10.5. The Morgan fingerprint density at radius 3 is 2.70 bits per heavy atom. The number of benzene rings is 1. The molecule has 23 heavy (non-hydrogen) atoms. The molecule has 2 N–H and O–H groups in total. The van der Waals surface area contributed by atoms with Crippen molar-refractivity contribution in [2.75, 3.05) is 19.6 Å². The molecule has 5 heteroatoms. The van der Waals surface area contributed by atoms with Gasteiger partial charge in [0.25, 0.3) is 0 Å². The lowest BCUT2D eigenvalue weighted by Gasteiger charge is -2.34. The Hall–Kier alpha value is -2.32. The van der Waals surface area contributed by atoms with Crippen molar-refractivity contribution < 1.29 is 5.11 Å². The predicted octanol–water partition coefficient (Wildman–Crippen LogP) is 3.33. The highest BCUT2D eigenvalue weighted by molar-refractivity contribution is 5.82. The van der Waals surface area contributed by atoms with E-state index in [1.165, 1.54) is 6.42 Å². The molecule has 0 radical (unpaired) electrons. The molecule has 0 bridgehead atoms. The van der Waals surface area contributed by atoms with Gasteiger partial charge in [-0.2, -0.15) is 5.26 Å². The molecular formula is C18H22N4O. The molecule has 1 aliphatic heterocycles. The fraction of sp³-hybridized carbons (Fsp3) is 0.444. The highest BCUT2D eigenvalue weighted by Crippen LogP contribution is 2.23. The van der Waals surface area contributed by atoms with Crippen LogP contribution in [0.1, 0.15) is 26.1 Å². The van der Waals surface area contributed by atoms with Crippen molar-refractivity contribution in [3.8, 4) is 6.07 Å². The van der Waals surface area contributed by atoms with Crippen molar-refractivity contribution in [3.05, 3.63) is 35.8 Å². The summed E-state index contributed by atoms with van der Waals surface area (Å²) >= 11 is 0. The number of hydrogen-bond donors (Lipinski definition) is 2. The molecule has 120 valence electrons. The number of nitrogens with one attached hydrogen (secondary N) is 1. The molecule has 2 heterocycles. The minimum Gasteiger partial charge on any atom is -0.509 e. The largest absolute Gasteiger partial charge is 0.509 e. The van der Waals surface area contributed by atoms with E-state index in [0.29, 0.717) is 24.2 Å². The second-order valence-electron chi connectivity index (χ2n) is 6.68. The predicted molar refractivity (Wildman–Crippen MR) is 90.6 cm³/mol. The molecule has 2 aromatic rings. The van der Waals surface area contributed by atoms with E-state index in [0.717, 1.165) is 24.1 Å². The average molecular weight is 310 g/mol. The first-order valence-corrected chi connectivity index (χ1v) is 8.06. The van der Waals surface area contributed by atoms with Crippen LogP contribution in [0.25, 0.3) is 16.6 Å². The van der Waals surface area contributed by atoms with Gasteiger partial charge in [-0.05, 0) is 30.4 Å². The molecule has 0 aliphatic carbocycles. The number of aliphatic hydroxyl groups excluding tert-OH is 1. The lowest BCUT2D eigenvalue weighted by Crippen LogP contribution is -2.39. The topological polar surface area (TPSA) is 75.9 Å². The Balaban J connectivity index is 1.85. The van der Waals surface area contributed by atoms with Gasteiger partial charge in [0.15, 0.2) is 5.82 Å². The van der Waals surface area contributed by atoms with E-state index in [1.54, 1.807) is 0 Å². The molecule has 3 rings (SSSR count). The fourth-order valence-corrected chi connectivity index (χ4v) is 3.54. The molecule has 1 saturated heterocycles. The Labute approximate surface area is 136 Å². The first-order valence-electron chi connectivity index (χ1n) is 8.06. The van der Waals surface area contributed by atoms with Crippen LogP contribution in [-0.2, 0) is 0 Å². The summed E-state index contributed by atoms with van der Waals surface area (Å²) in [5, 5.41) is 19.9. The molecule has 0 unspecified atom stereocenters. The number of aliphatic hydroxyl groups is 1. The number of nitriles is 1. The number of allylic oxidation sites excluding steroid dienone is 1. The van der Waals surface area contributed by atoms with Gasteiger partial charge in [-0.1, -0.05) is 26.0 Å². The molecule has 2 atom stereocenters. The highest BCUT2D eigenvalue weighted by atomic mass is 16.3. The lowest BCUT2D eigenvalue weighted by atomic mass is 9.92. The monoisotopic (exact) mass is 310 g/mol. The van der Waals surface area contributed by atoms with Crippen LogP contribution in [0.4, 0.5) is 0 Å². The third-order valence-corrected chi connectivity index (χ3v) is 4.34. The number of aromatic amines is 1. The van der Waals surface area contributed by atoms with Crippen LogP contribution >= 0.6 is 0 Å². The first-order chi connectivity index (χ1) is 11.1. The normalized spacial score (nSPS) is 23.5. The minimum atomic E-state index is 0.0906. The number of nitrogens with zero attached hydrogens (tertiary/aromatic N) is 3. The zero-order valence-corrected chi connectivity index (χ0v) is 13.6. The minimum absolute atomic E-state index is 0.0906. The van der Waals surface area contributed by atoms with Gasteiger partial charge in [0.2, 0.25) is 0 Å². The lowest BCUT2D eigenvalue weighted by molar-refractivity contribution is 0.138. The number of rotatable bonds is 3. The summed E-state index contributed by atoms with van der Waals surface area (Å²) in [5.41, 5.74) is 1.89. The van der Waals surface area contributed by atoms with Crippen molar-refractivity contribution in [2.45, 2.75) is 20.3 Å². The van der Waals surface area contributed by atoms with E-state index >= 15 is 0 Å². The van der Waals surface area contributed by atoms with E-state index < -0.39 is 0 Å². The van der Waals surface area contributed by atoms with Crippen LogP contribution in [0.2, 0.25) is 0 Å². The number of piperidine rings is 1. The molecule has 0 spiro atoms. The van der Waals surface area contributed by atoms with Crippen molar-refractivity contribution in [1.29, 1.82) is 5.26 Å². The quantitative estimate of drug-likeness (QED) is 0.673. The number of imidazole rings is 1. The second kappa shape index (κ2) is 6.43. The molecule has 5 nitrogen and oxygen atoms in total. The molecule has 1 aliphatic rings. The van der Waals surface area contributed by atoms with E-state index in [-0.39, 0.29) is 11.3 Å². The number of likely N-dealkylation sites (tertiary alicyclic amines) is 1. The van der Waals surface area contributed by atoms with Crippen molar-refractivity contribution in [2.24, 2.45) is 11.8 Å². The highest BCUT2D eigenvalue weighted by Gasteiger charge is 2.23. The average Bonchev–Trinajstić information content (AvgIpc) is 2.90. The van der Waals surface area contributed by atoms with Gasteiger partial charge in [-0.25, -0.2) is 4.98 Å². The van der Waals surface area contributed by atoms with Crippen LogP contribution in [0.3, 0.4) is 0 Å². The van der Waals surface area contributed by atoms with Gasteiger partial charge in [-0.3, -0.25) is 4.90 Å². The van der Waals surface area contributed by atoms with Crippen molar-refractivity contribution in [3.63, 3.8) is 0 Å². The Morgan fingerprint density at radius 2 is 2.04 bits per heavy atom. The second-order valence-corrected chi connectivity index (χ2v) is 6.68. The molecule has 1 aromatic heterocycles. The van der Waals surface area contributed by atoms with E-state index in [4.69, 9.17) is 0 Å². The number of hydrogen-bond acceptors (Lipinski definition) is 4. The number of H-pyrrole nitrogens is 1. The van der Waals surface area contributed by atoms with Gasteiger partial charge >= 0.3 is 0 Å². The summed E-state index contributed by atoms with van der Waals surface area (Å²) in [6, 6.07) is 9.71. The maximum atomic E-state index is 10.5. The van der Waals surface area contributed by atoms with Crippen LogP contribution in [-0.4, -0.2) is 39.6 Å². The summed E-state index contributed by atoms with van der Waals surface area (Å²) in [7, 11) is 0. The standard InChI is InChI=1S/C18H22N4O/c1-12-7-13(2)10-22(9-12)11-17(23)14(8-19)18-20-15-5-3-4-6-16(15)21-18/h3-6,12-13,23H,7,9-11H2,1-2H3,(H,20,21)/b17-14-/t12-,13-/m1/s1. The van der Waals surface area contributed by atoms with E-state index in [9.17, 15) is 10.4 Å². The summed E-state index contributed by atoms with van der Waals surface area (Å²) in [6.45, 7) is 6.76. The summed E-state index contributed by atoms with van der Waals surface area (Å²) in [6.07, 6.45) is 1.22. The van der Waals surface area contributed by atoms with Gasteiger partial charge in [-0.15, -0.1) is 0 Å². The number of fused-ring (bicyclic) bond motifs is 1. The first kappa shape index (κ1) is 15.6. The third-order valence-electron chi connectivity index (χ3n) is 4.34. The van der Waals surface area contributed by atoms with E-state index in [2.05, 4.69) is 34.8 Å². The van der Waals surface area contributed by atoms with Gasteiger partial charge < -0.3 is 10.1 Å². The number of para-hydroxylation sites is 2. The molecular weight excluding hydrogens is 288 g/mol. The summed E-state index contributed by atoms with van der Waals surface area (Å²) in [4.78, 5) is 9.74. The summed E-state index contributed by atoms with van der Waals surface area (Å²) < 4.78 is 0. The smallest absolute Gasteiger partial charge is 0.152 e. The molecule has 0 saturated carbocycles. The number of aromatic nitrogens is 2. The van der Waals surface area contributed by atoms with Gasteiger partial charge in [0.05, 0.1) is 17.6 Å². The van der Waals surface area contributed by atoms with Gasteiger partial charge in [0.1, 0.15) is 17.4 Å². The Bertz CT molecular complexity index is 728. The third kappa shape index (κ3) is 3.38. The SMILES string of the molecule is C[C@@H]1C[C@@H](C)CN(C/C(O)=C(\C#N)c2nc3ccccc3[nH]2)C1. The zero-order chi connectivity index (χ0) is 16.4. The van der Waals surface area contributed by atoms with Crippen LogP contribution in [0.15, 0.2) is 30.0 Å². The molecule has 1 aromatic carbocycles. The van der Waals surface area contributed by atoms with Crippen LogP contribution in [0, 0.1) is 23.2 Å². The Morgan fingerprint density at radius 1 is 1.35 bits per heavy atom. The van der Waals surface area contributed by atoms with Crippen LogP contribution in [0.5, 0.6) is 0 Å². The zero-order valence-electron chi connectivity index (χ0n) is 13.6. The molecule has 1 fully saturated rings. The van der Waals surface area contributed by atoms with Crippen molar-refractivity contribution >= 4 is 16.6 Å². The van der Waals surface area contributed by atoms with E-state index in [1.807, 2.05) is 24.3 Å².